The van der Waals surface area contributed by atoms with E-state index in [1.54, 1.807) is 48.5 Å². The molecule has 0 aliphatic heterocycles. The highest BCUT2D eigenvalue weighted by Crippen LogP contribution is 2.22. The number of benzene rings is 2. The van der Waals surface area contributed by atoms with E-state index < -0.39 is 5.97 Å². The molecular weight excluding hydrogens is 351 g/mol. The first-order valence-electron chi connectivity index (χ1n) is 6.97. The summed E-state index contributed by atoms with van der Waals surface area (Å²) in [4.78, 5) is 23.1. The van der Waals surface area contributed by atoms with E-state index in [4.69, 9.17) is 27.9 Å². The van der Waals surface area contributed by atoms with Crippen LogP contribution >= 0.6 is 23.2 Å². The Labute approximate surface area is 149 Å². The van der Waals surface area contributed by atoms with Crippen molar-refractivity contribution < 1.29 is 19.1 Å². The Hall–Kier alpha value is -2.30. The maximum atomic E-state index is 12.1. The van der Waals surface area contributed by atoms with Gasteiger partial charge in [0.15, 0.2) is 12.4 Å². The summed E-state index contributed by atoms with van der Waals surface area (Å²) in [6, 6.07) is 11.5. The van der Waals surface area contributed by atoms with Crippen molar-refractivity contribution in [1.82, 2.24) is 0 Å². The second kappa shape index (κ2) is 8.52. The van der Waals surface area contributed by atoms with Crippen molar-refractivity contribution in [3.8, 4) is 5.75 Å². The van der Waals surface area contributed by atoms with E-state index in [1.807, 2.05) is 0 Å². The maximum absolute atomic E-state index is 12.1. The zero-order valence-corrected chi connectivity index (χ0v) is 14.3. The number of hydrogen-bond acceptors (Lipinski definition) is 4. The van der Waals surface area contributed by atoms with Gasteiger partial charge in [-0.25, -0.2) is 4.79 Å². The number of ether oxygens (including phenoxy) is 2. The molecule has 0 fully saturated rings. The zero-order valence-electron chi connectivity index (χ0n) is 12.8. The molecule has 2 aromatic carbocycles. The van der Waals surface area contributed by atoms with E-state index >= 15 is 0 Å². The molecule has 0 bridgehead atoms. The molecule has 0 amide bonds. The minimum absolute atomic E-state index is 0.180. The predicted molar refractivity (Wildman–Crippen MR) is 93.8 cm³/mol. The van der Waals surface area contributed by atoms with E-state index in [0.717, 1.165) is 0 Å². The number of ketones is 1. The highest BCUT2D eigenvalue weighted by Gasteiger charge is 2.05. The van der Waals surface area contributed by atoms with E-state index in [-0.39, 0.29) is 12.4 Å². The van der Waals surface area contributed by atoms with Crippen LogP contribution in [0.2, 0.25) is 10.0 Å². The van der Waals surface area contributed by atoms with E-state index in [9.17, 15) is 9.59 Å². The van der Waals surface area contributed by atoms with Crippen molar-refractivity contribution in [3.63, 3.8) is 0 Å². The van der Waals surface area contributed by atoms with Crippen LogP contribution in [0.15, 0.2) is 48.5 Å². The molecule has 0 atom stereocenters. The van der Waals surface area contributed by atoms with Gasteiger partial charge >= 0.3 is 5.97 Å². The van der Waals surface area contributed by atoms with Gasteiger partial charge in [0.05, 0.1) is 7.11 Å². The molecule has 0 saturated carbocycles. The number of allylic oxidation sites excluding steroid dienone is 1. The quantitative estimate of drug-likeness (QED) is 0.431. The zero-order chi connectivity index (χ0) is 17.5. The molecule has 0 radical (unpaired) electrons. The standard InChI is InChI=1S/C18H14Cl2O4/c1-23-18(22)11-24-15-7-3-13(4-8-15)17(21)9-5-12-2-6-14(19)10-16(12)20/h2-10H,11H2,1H3. The Kier molecular flexibility index (Phi) is 6.41. The van der Waals surface area contributed by atoms with E-state index in [1.165, 1.54) is 13.2 Å². The summed E-state index contributed by atoms with van der Waals surface area (Å²) >= 11 is 11.9. The van der Waals surface area contributed by atoms with Gasteiger partial charge < -0.3 is 9.47 Å². The number of carbonyl (C=O) groups is 2. The lowest BCUT2D eigenvalue weighted by Gasteiger charge is -2.05. The molecule has 4 nitrogen and oxygen atoms in total. The number of hydrogen-bond donors (Lipinski definition) is 0. The Balaban J connectivity index is 2.02. The third kappa shape index (κ3) is 5.11. The van der Waals surface area contributed by atoms with Crippen LogP contribution in [0.25, 0.3) is 6.08 Å². The molecule has 2 aromatic rings. The van der Waals surface area contributed by atoms with Crippen molar-refractivity contribution in [1.29, 1.82) is 0 Å². The smallest absolute Gasteiger partial charge is 0.343 e. The van der Waals surface area contributed by atoms with Gasteiger partial charge in [-0.15, -0.1) is 0 Å². The monoisotopic (exact) mass is 364 g/mol. The highest BCUT2D eigenvalue weighted by atomic mass is 35.5. The minimum atomic E-state index is -0.474. The van der Waals surface area contributed by atoms with Crippen LogP contribution < -0.4 is 4.74 Å². The van der Waals surface area contributed by atoms with Crippen LogP contribution in [0, 0.1) is 0 Å². The molecule has 2 rings (SSSR count). The molecular formula is C18H14Cl2O4. The average Bonchev–Trinajstić information content (AvgIpc) is 2.59. The Morgan fingerprint density at radius 3 is 2.42 bits per heavy atom. The normalized spacial score (nSPS) is 10.6. The average molecular weight is 365 g/mol. The first kappa shape index (κ1) is 18.0. The molecule has 0 heterocycles. The van der Waals surface area contributed by atoms with Crippen LogP contribution in [0.5, 0.6) is 5.75 Å². The number of halogens is 2. The fourth-order valence-corrected chi connectivity index (χ4v) is 2.29. The Morgan fingerprint density at radius 1 is 1.08 bits per heavy atom. The fourth-order valence-electron chi connectivity index (χ4n) is 1.81. The second-order valence-corrected chi connectivity index (χ2v) is 5.60. The molecule has 0 aliphatic rings. The lowest BCUT2D eigenvalue weighted by atomic mass is 10.1. The highest BCUT2D eigenvalue weighted by molar-refractivity contribution is 6.35. The molecule has 0 N–H and O–H groups in total. The Morgan fingerprint density at radius 2 is 1.79 bits per heavy atom. The molecule has 0 unspecified atom stereocenters. The summed E-state index contributed by atoms with van der Waals surface area (Å²) in [5.74, 6) is -0.180. The number of esters is 1. The first-order valence-corrected chi connectivity index (χ1v) is 7.72. The third-order valence-electron chi connectivity index (χ3n) is 3.10. The van der Waals surface area contributed by atoms with Crippen molar-refractivity contribution in [2.75, 3.05) is 13.7 Å². The van der Waals surface area contributed by atoms with Crippen molar-refractivity contribution >= 4 is 41.0 Å². The summed E-state index contributed by atoms with van der Waals surface area (Å²) in [6.07, 6.45) is 3.06. The minimum Gasteiger partial charge on any atom is -0.482 e. The van der Waals surface area contributed by atoms with Crippen LogP contribution in [-0.2, 0) is 9.53 Å². The van der Waals surface area contributed by atoms with Gasteiger partial charge in [-0.1, -0.05) is 29.3 Å². The first-order chi connectivity index (χ1) is 11.5. The third-order valence-corrected chi connectivity index (χ3v) is 3.66. The van der Waals surface area contributed by atoms with Gasteiger partial charge in [0.2, 0.25) is 0 Å². The van der Waals surface area contributed by atoms with Crippen LogP contribution in [0.4, 0.5) is 0 Å². The predicted octanol–water partition coefficient (Wildman–Crippen LogP) is 4.44. The number of rotatable bonds is 6. The summed E-state index contributed by atoms with van der Waals surface area (Å²) < 4.78 is 9.69. The van der Waals surface area contributed by atoms with Crippen LogP contribution in [0.1, 0.15) is 15.9 Å². The largest absolute Gasteiger partial charge is 0.482 e. The van der Waals surface area contributed by atoms with E-state index in [2.05, 4.69) is 4.74 Å². The number of carbonyl (C=O) groups excluding carboxylic acids is 2. The van der Waals surface area contributed by atoms with Crippen LogP contribution in [0.3, 0.4) is 0 Å². The lowest BCUT2D eigenvalue weighted by Crippen LogP contribution is -2.12. The van der Waals surface area contributed by atoms with Gasteiger partial charge in [-0.3, -0.25) is 4.79 Å². The SMILES string of the molecule is COC(=O)COc1ccc(C(=O)C=Cc2ccc(Cl)cc2Cl)cc1. The number of methoxy groups -OCH3 is 1. The summed E-state index contributed by atoms with van der Waals surface area (Å²) in [6.45, 7) is -0.182. The molecule has 6 heteroatoms. The van der Waals surface area contributed by atoms with Crippen molar-refractivity contribution in [2.24, 2.45) is 0 Å². The molecule has 0 spiro atoms. The second-order valence-electron chi connectivity index (χ2n) is 4.75. The Bertz CT molecular complexity index is 767. The summed E-state index contributed by atoms with van der Waals surface area (Å²) in [5, 5.41) is 1.00. The maximum Gasteiger partial charge on any atom is 0.343 e. The van der Waals surface area contributed by atoms with Gasteiger partial charge in [0, 0.05) is 15.6 Å². The van der Waals surface area contributed by atoms with Gasteiger partial charge in [0.25, 0.3) is 0 Å². The van der Waals surface area contributed by atoms with Gasteiger partial charge in [0.1, 0.15) is 5.75 Å². The van der Waals surface area contributed by atoms with Crippen molar-refractivity contribution in [2.45, 2.75) is 0 Å². The summed E-state index contributed by atoms with van der Waals surface area (Å²) in [7, 11) is 1.28. The fraction of sp³-hybridized carbons (Fsp3) is 0.111. The lowest BCUT2D eigenvalue weighted by molar-refractivity contribution is -0.142. The van der Waals surface area contributed by atoms with E-state index in [0.29, 0.717) is 26.9 Å². The van der Waals surface area contributed by atoms with Crippen molar-refractivity contribution in [3.05, 3.63) is 69.7 Å². The molecule has 124 valence electrons. The van der Waals surface area contributed by atoms with Gasteiger partial charge in [-0.05, 0) is 54.1 Å². The summed E-state index contributed by atoms with van der Waals surface area (Å²) in [5.41, 5.74) is 1.19. The van der Waals surface area contributed by atoms with Gasteiger partial charge in [-0.2, -0.15) is 0 Å². The molecule has 0 aliphatic carbocycles. The van der Waals surface area contributed by atoms with Crippen LogP contribution in [-0.4, -0.2) is 25.5 Å². The molecule has 0 aromatic heterocycles. The topological polar surface area (TPSA) is 52.6 Å². The molecule has 24 heavy (non-hydrogen) atoms. The molecule has 0 saturated heterocycles.